The van der Waals surface area contributed by atoms with Crippen molar-refractivity contribution in [1.82, 2.24) is 10.6 Å². The van der Waals surface area contributed by atoms with Crippen LogP contribution in [0.4, 0.5) is 8.78 Å². The fourth-order valence-electron chi connectivity index (χ4n) is 2.25. The van der Waals surface area contributed by atoms with Gasteiger partial charge in [0.2, 0.25) is 0 Å². The van der Waals surface area contributed by atoms with Gasteiger partial charge in [0.15, 0.2) is 5.96 Å². The molecule has 0 unspecified atom stereocenters. The Balaban J connectivity index is 2.02. The summed E-state index contributed by atoms with van der Waals surface area (Å²) >= 11 is 3.48. The second-order valence-corrected chi connectivity index (χ2v) is 6.17. The molecule has 0 atom stereocenters. The molecule has 1 aliphatic carbocycles. The van der Waals surface area contributed by atoms with Crippen LogP contribution in [0.2, 0.25) is 0 Å². The number of nitrogens with zero attached hydrogens (tertiary/aromatic N) is 1. The maximum Gasteiger partial charge on any atom is 0.255 e. The van der Waals surface area contributed by atoms with E-state index in [1.165, 1.54) is 5.56 Å². The number of rotatable bonds is 6. The molecule has 0 saturated heterocycles. The lowest BCUT2D eigenvalue weighted by Gasteiger charge is -2.16. The lowest BCUT2D eigenvalue weighted by Crippen LogP contribution is -2.40. The van der Waals surface area contributed by atoms with Gasteiger partial charge in [0.1, 0.15) is 0 Å². The highest BCUT2D eigenvalue weighted by molar-refractivity contribution is 9.10. The Bertz CT molecular complexity index is 501. The van der Waals surface area contributed by atoms with Crippen LogP contribution in [0.25, 0.3) is 0 Å². The van der Waals surface area contributed by atoms with Gasteiger partial charge in [0, 0.05) is 16.4 Å². The average Bonchev–Trinajstić information content (AvgIpc) is 3.23. The van der Waals surface area contributed by atoms with Crippen molar-refractivity contribution in [3.8, 4) is 0 Å². The number of nitrogens with one attached hydrogen (secondary N) is 2. The molecule has 0 aromatic heterocycles. The zero-order chi connectivity index (χ0) is 15.3. The summed E-state index contributed by atoms with van der Waals surface area (Å²) in [4.78, 5) is 4.47. The predicted octanol–water partition coefficient (Wildman–Crippen LogP) is 3.30. The molecule has 21 heavy (non-hydrogen) atoms. The molecule has 1 aliphatic rings. The fourth-order valence-corrected chi connectivity index (χ4v) is 2.65. The topological polar surface area (TPSA) is 36.4 Å². The van der Waals surface area contributed by atoms with Gasteiger partial charge in [-0.2, -0.15) is 0 Å². The van der Waals surface area contributed by atoms with Crippen molar-refractivity contribution in [3.05, 3.63) is 34.3 Å². The molecule has 0 heterocycles. The number of aliphatic imine (C=N–C) groups is 1. The van der Waals surface area contributed by atoms with E-state index in [2.05, 4.69) is 43.7 Å². The first-order valence-corrected chi connectivity index (χ1v) is 7.91. The van der Waals surface area contributed by atoms with Crippen LogP contribution in [0.1, 0.15) is 25.3 Å². The van der Waals surface area contributed by atoms with E-state index in [0.29, 0.717) is 19.0 Å². The minimum absolute atomic E-state index is 0.0664. The summed E-state index contributed by atoms with van der Waals surface area (Å²) < 4.78 is 25.6. The quantitative estimate of drug-likeness (QED) is 0.603. The standard InChI is InChI=1S/C15H20BrF2N3/c1-2-19-14(20-9-13(17)18)21-10-15(6-7-15)11-4-3-5-12(16)8-11/h3-5,8,13H,2,6-7,9-10H2,1H3,(H2,19,20,21). The van der Waals surface area contributed by atoms with Crippen molar-refractivity contribution in [2.75, 3.05) is 19.6 Å². The van der Waals surface area contributed by atoms with Crippen LogP contribution in [0.3, 0.4) is 0 Å². The van der Waals surface area contributed by atoms with E-state index < -0.39 is 6.43 Å². The molecule has 6 heteroatoms. The van der Waals surface area contributed by atoms with Crippen LogP contribution in [0.15, 0.2) is 33.7 Å². The van der Waals surface area contributed by atoms with Gasteiger partial charge in [-0.05, 0) is 37.5 Å². The van der Waals surface area contributed by atoms with E-state index in [1.54, 1.807) is 0 Å². The van der Waals surface area contributed by atoms with Crippen molar-refractivity contribution >= 4 is 21.9 Å². The highest BCUT2D eigenvalue weighted by atomic mass is 79.9. The molecule has 0 aliphatic heterocycles. The molecular weight excluding hydrogens is 340 g/mol. The van der Waals surface area contributed by atoms with Gasteiger partial charge in [-0.25, -0.2) is 8.78 Å². The van der Waals surface area contributed by atoms with E-state index in [9.17, 15) is 8.78 Å². The van der Waals surface area contributed by atoms with E-state index in [4.69, 9.17) is 0 Å². The van der Waals surface area contributed by atoms with Gasteiger partial charge in [0.05, 0.1) is 13.1 Å². The molecule has 2 N–H and O–H groups in total. The number of guanidine groups is 1. The maximum absolute atomic E-state index is 12.3. The summed E-state index contributed by atoms with van der Waals surface area (Å²) in [5.41, 5.74) is 1.32. The minimum atomic E-state index is -2.38. The first kappa shape index (κ1) is 16.2. The Labute approximate surface area is 132 Å². The van der Waals surface area contributed by atoms with Crippen molar-refractivity contribution in [3.63, 3.8) is 0 Å². The van der Waals surface area contributed by atoms with Crippen LogP contribution in [0, 0.1) is 0 Å². The minimum Gasteiger partial charge on any atom is -0.357 e. The van der Waals surface area contributed by atoms with Crippen molar-refractivity contribution in [2.24, 2.45) is 4.99 Å². The Hall–Kier alpha value is -1.17. The van der Waals surface area contributed by atoms with Crippen LogP contribution < -0.4 is 10.6 Å². The van der Waals surface area contributed by atoms with Crippen molar-refractivity contribution in [2.45, 2.75) is 31.6 Å². The summed E-state index contributed by atoms with van der Waals surface area (Å²) in [5, 5.41) is 5.66. The zero-order valence-electron chi connectivity index (χ0n) is 12.0. The number of alkyl halides is 2. The van der Waals surface area contributed by atoms with Crippen molar-refractivity contribution < 1.29 is 8.78 Å². The van der Waals surface area contributed by atoms with Crippen LogP contribution in [-0.4, -0.2) is 32.0 Å². The van der Waals surface area contributed by atoms with Gasteiger partial charge < -0.3 is 10.6 Å². The SMILES string of the molecule is CCNC(=NCC1(c2cccc(Br)c2)CC1)NCC(F)F. The summed E-state index contributed by atoms with van der Waals surface area (Å²) in [6.45, 7) is 2.80. The molecule has 3 nitrogen and oxygen atoms in total. The third-order valence-corrected chi connectivity index (χ3v) is 4.09. The molecule has 2 rings (SSSR count). The lowest BCUT2D eigenvalue weighted by atomic mass is 9.96. The third-order valence-electron chi connectivity index (χ3n) is 3.60. The predicted molar refractivity (Wildman–Crippen MR) is 85.0 cm³/mol. The highest BCUT2D eigenvalue weighted by Crippen LogP contribution is 2.48. The normalized spacial score (nSPS) is 16.9. The maximum atomic E-state index is 12.3. The monoisotopic (exact) mass is 359 g/mol. The van der Waals surface area contributed by atoms with Crippen molar-refractivity contribution in [1.29, 1.82) is 0 Å². The first-order chi connectivity index (χ1) is 10.1. The van der Waals surface area contributed by atoms with Crippen LogP contribution in [-0.2, 0) is 5.41 Å². The smallest absolute Gasteiger partial charge is 0.255 e. The number of hydrogen-bond donors (Lipinski definition) is 2. The Kier molecular flexibility index (Phi) is 5.56. The molecule has 1 aromatic rings. The first-order valence-electron chi connectivity index (χ1n) is 7.12. The molecule has 116 valence electrons. The molecule has 1 saturated carbocycles. The van der Waals surface area contributed by atoms with Gasteiger partial charge in [-0.15, -0.1) is 0 Å². The van der Waals surface area contributed by atoms with Gasteiger partial charge in [0.25, 0.3) is 6.43 Å². The Morgan fingerprint density at radius 1 is 1.38 bits per heavy atom. The molecule has 1 fully saturated rings. The number of hydrogen-bond acceptors (Lipinski definition) is 1. The average molecular weight is 360 g/mol. The lowest BCUT2D eigenvalue weighted by molar-refractivity contribution is 0.152. The number of halogens is 3. The Morgan fingerprint density at radius 2 is 2.14 bits per heavy atom. The summed E-state index contributed by atoms with van der Waals surface area (Å²) in [6.07, 6.45) is -0.212. The second kappa shape index (κ2) is 7.20. The van der Waals surface area contributed by atoms with Gasteiger partial charge in [-0.3, -0.25) is 4.99 Å². The van der Waals surface area contributed by atoms with Gasteiger partial charge >= 0.3 is 0 Å². The second-order valence-electron chi connectivity index (χ2n) is 5.26. The van der Waals surface area contributed by atoms with E-state index in [0.717, 1.165) is 17.3 Å². The molecule has 0 amide bonds. The highest BCUT2D eigenvalue weighted by Gasteiger charge is 2.44. The number of benzene rings is 1. The van der Waals surface area contributed by atoms with Crippen LogP contribution in [0.5, 0.6) is 0 Å². The Morgan fingerprint density at radius 3 is 2.71 bits per heavy atom. The van der Waals surface area contributed by atoms with E-state index >= 15 is 0 Å². The molecule has 0 bridgehead atoms. The van der Waals surface area contributed by atoms with E-state index in [-0.39, 0.29) is 12.0 Å². The zero-order valence-corrected chi connectivity index (χ0v) is 13.6. The third kappa shape index (κ3) is 4.66. The fraction of sp³-hybridized carbons (Fsp3) is 0.533. The molecular formula is C15H20BrF2N3. The largest absolute Gasteiger partial charge is 0.357 e. The molecule has 0 radical (unpaired) electrons. The molecule has 0 spiro atoms. The van der Waals surface area contributed by atoms with Crippen LogP contribution >= 0.6 is 15.9 Å². The summed E-state index contributed by atoms with van der Waals surface area (Å²) in [6, 6.07) is 8.23. The van der Waals surface area contributed by atoms with Gasteiger partial charge in [-0.1, -0.05) is 28.1 Å². The summed E-state index contributed by atoms with van der Waals surface area (Å²) in [7, 11) is 0. The molecule has 1 aromatic carbocycles. The summed E-state index contributed by atoms with van der Waals surface area (Å²) in [5.74, 6) is 0.457. The van der Waals surface area contributed by atoms with E-state index in [1.807, 2.05) is 19.1 Å².